The van der Waals surface area contributed by atoms with Gasteiger partial charge >= 0.3 is 5.97 Å². The van der Waals surface area contributed by atoms with Gasteiger partial charge in [0.2, 0.25) is 0 Å². The summed E-state index contributed by atoms with van der Waals surface area (Å²) in [5.41, 5.74) is -0.457. The zero-order chi connectivity index (χ0) is 13.6. The molecule has 1 rings (SSSR count). The number of carbonyl (C=O) groups excluding carboxylic acids is 1. The van der Waals surface area contributed by atoms with Crippen molar-refractivity contribution < 1.29 is 14.6 Å². The van der Waals surface area contributed by atoms with Crippen molar-refractivity contribution in [1.82, 2.24) is 9.80 Å². The summed E-state index contributed by atoms with van der Waals surface area (Å²) in [7, 11) is 1.44. The number of rotatable bonds is 5. The SMILES string of the molecule is COC(=O)C(C)(C)CN1CCCN(CCO)CC1. The standard InChI is InChI=1S/C13H26N2O3/c1-13(2,12(17)18-3)11-15-6-4-5-14(7-8-15)9-10-16/h16H,4-11H2,1-3H3. The van der Waals surface area contributed by atoms with Crippen LogP contribution in [0, 0.1) is 5.41 Å². The Morgan fingerprint density at radius 3 is 2.44 bits per heavy atom. The number of ether oxygens (including phenoxy) is 1. The van der Waals surface area contributed by atoms with Crippen LogP contribution in [0.3, 0.4) is 0 Å². The summed E-state index contributed by atoms with van der Waals surface area (Å²) in [4.78, 5) is 16.3. The van der Waals surface area contributed by atoms with Crippen molar-refractivity contribution in [2.24, 2.45) is 5.41 Å². The molecule has 0 atom stereocenters. The average Bonchev–Trinajstić information content (AvgIpc) is 2.54. The van der Waals surface area contributed by atoms with Gasteiger partial charge in [0.05, 0.1) is 19.1 Å². The van der Waals surface area contributed by atoms with Gasteiger partial charge in [-0.1, -0.05) is 0 Å². The molecule has 1 heterocycles. The van der Waals surface area contributed by atoms with Crippen molar-refractivity contribution in [2.75, 3.05) is 53.0 Å². The van der Waals surface area contributed by atoms with E-state index >= 15 is 0 Å². The minimum Gasteiger partial charge on any atom is -0.469 e. The second-order valence-corrected chi connectivity index (χ2v) is 5.57. The van der Waals surface area contributed by atoms with Gasteiger partial charge in [-0.05, 0) is 33.4 Å². The third-order valence-corrected chi connectivity index (χ3v) is 3.45. The molecule has 0 radical (unpaired) electrons. The normalized spacial score (nSPS) is 19.6. The maximum Gasteiger partial charge on any atom is 0.312 e. The molecule has 0 unspecified atom stereocenters. The Morgan fingerprint density at radius 2 is 1.83 bits per heavy atom. The lowest BCUT2D eigenvalue weighted by Crippen LogP contribution is -2.41. The molecule has 1 aliphatic heterocycles. The molecule has 5 nitrogen and oxygen atoms in total. The van der Waals surface area contributed by atoms with Crippen LogP contribution in [0.15, 0.2) is 0 Å². The summed E-state index contributed by atoms with van der Waals surface area (Å²) in [6.07, 6.45) is 1.08. The molecule has 1 aliphatic rings. The van der Waals surface area contributed by atoms with E-state index in [0.717, 1.165) is 45.7 Å². The lowest BCUT2D eigenvalue weighted by atomic mass is 9.93. The van der Waals surface area contributed by atoms with Gasteiger partial charge in [0, 0.05) is 26.2 Å². The van der Waals surface area contributed by atoms with Crippen molar-refractivity contribution in [1.29, 1.82) is 0 Å². The number of hydrogen-bond donors (Lipinski definition) is 1. The van der Waals surface area contributed by atoms with E-state index in [4.69, 9.17) is 9.84 Å². The number of hydrogen-bond acceptors (Lipinski definition) is 5. The Balaban J connectivity index is 2.46. The maximum atomic E-state index is 11.7. The number of carbonyl (C=O) groups is 1. The van der Waals surface area contributed by atoms with Crippen LogP contribution in [0.25, 0.3) is 0 Å². The fraction of sp³-hybridized carbons (Fsp3) is 0.923. The van der Waals surface area contributed by atoms with Gasteiger partial charge in [0.1, 0.15) is 0 Å². The molecule has 0 aliphatic carbocycles. The summed E-state index contributed by atoms with van der Waals surface area (Å²) in [6, 6.07) is 0. The first-order valence-corrected chi connectivity index (χ1v) is 6.63. The fourth-order valence-electron chi connectivity index (χ4n) is 2.45. The summed E-state index contributed by atoms with van der Waals surface area (Å²) in [5, 5.41) is 8.95. The van der Waals surface area contributed by atoms with Gasteiger partial charge in [0.25, 0.3) is 0 Å². The highest BCUT2D eigenvalue weighted by Gasteiger charge is 2.31. The minimum absolute atomic E-state index is 0.154. The Bertz CT molecular complexity index is 269. The molecule has 1 fully saturated rings. The summed E-state index contributed by atoms with van der Waals surface area (Å²) in [6.45, 7) is 9.47. The molecule has 0 aromatic heterocycles. The molecule has 1 saturated heterocycles. The highest BCUT2D eigenvalue weighted by molar-refractivity contribution is 5.76. The molecule has 106 valence electrons. The number of β-amino-alcohol motifs (C(OH)–C–C–N with tert-alkyl or cyclic N) is 1. The highest BCUT2D eigenvalue weighted by atomic mass is 16.5. The minimum atomic E-state index is -0.457. The van der Waals surface area contributed by atoms with Gasteiger partial charge in [-0.3, -0.25) is 9.69 Å². The van der Waals surface area contributed by atoms with E-state index < -0.39 is 5.41 Å². The predicted molar refractivity (Wildman–Crippen MR) is 70.4 cm³/mol. The molecule has 0 amide bonds. The van der Waals surface area contributed by atoms with Crippen molar-refractivity contribution >= 4 is 5.97 Å². The van der Waals surface area contributed by atoms with Crippen LogP contribution in [0.4, 0.5) is 0 Å². The Morgan fingerprint density at radius 1 is 1.22 bits per heavy atom. The van der Waals surface area contributed by atoms with Crippen LogP contribution in [-0.2, 0) is 9.53 Å². The van der Waals surface area contributed by atoms with Crippen LogP contribution in [0.2, 0.25) is 0 Å². The predicted octanol–water partition coefficient (Wildman–Crippen LogP) is 0.186. The fourth-order valence-corrected chi connectivity index (χ4v) is 2.45. The Hall–Kier alpha value is -0.650. The third kappa shape index (κ3) is 4.55. The van der Waals surface area contributed by atoms with E-state index in [9.17, 15) is 4.79 Å². The zero-order valence-corrected chi connectivity index (χ0v) is 11.8. The quantitative estimate of drug-likeness (QED) is 0.713. The molecule has 5 heteroatoms. The lowest BCUT2D eigenvalue weighted by molar-refractivity contribution is -0.151. The average molecular weight is 258 g/mol. The highest BCUT2D eigenvalue weighted by Crippen LogP contribution is 2.19. The summed E-state index contributed by atoms with van der Waals surface area (Å²) >= 11 is 0. The van der Waals surface area contributed by atoms with Gasteiger partial charge in [-0.15, -0.1) is 0 Å². The van der Waals surface area contributed by atoms with Crippen molar-refractivity contribution in [3.8, 4) is 0 Å². The third-order valence-electron chi connectivity index (χ3n) is 3.45. The molecule has 0 bridgehead atoms. The Kier molecular flexibility index (Phi) is 6.05. The molecule has 0 aromatic rings. The van der Waals surface area contributed by atoms with Crippen LogP contribution >= 0.6 is 0 Å². The van der Waals surface area contributed by atoms with E-state index in [2.05, 4.69) is 9.80 Å². The summed E-state index contributed by atoms with van der Waals surface area (Å²) < 4.78 is 4.84. The van der Waals surface area contributed by atoms with E-state index in [0.29, 0.717) is 0 Å². The summed E-state index contributed by atoms with van der Waals surface area (Å²) in [5.74, 6) is -0.154. The van der Waals surface area contributed by atoms with Crippen LogP contribution < -0.4 is 0 Å². The van der Waals surface area contributed by atoms with Crippen molar-refractivity contribution in [3.05, 3.63) is 0 Å². The largest absolute Gasteiger partial charge is 0.469 e. The topological polar surface area (TPSA) is 53.0 Å². The number of aliphatic hydroxyl groups is 1. The Labute approximate surface area is 110 Å². The van der Waals surface area contributed by atoms with E-state index in [1.165, 1.54) is 7.11 Å². The molecule has 0 spiro atoms. The molecular weight excluding hydrogens is 232 g/mol. The molecular formula is C13H26N2O3. The van der Waals surface area contributed by atoms with Gasteiger partial charge < -0.3 is 14.7 Å². The number of methoxy groups -OCH3 is 1. The van der Waals surface area contributed by atoms with Crippen molar-refractivity contribution in [2.45, 2.75) is 20.3 Å². The molecule has 1 N–H and O–H groups in total. The molecule has 0 saturated carbocycles. The lowest BCUT2D eigenvalue weighted by Gasteiger charge is -2.29. The van der Waals surface area contributed by atoms with E-state index in [1.807, 2.05) is 13.8 Å². The second-order valence-electron chi connectivity index (χ2n) is 5.57. The molecule has 18 heavy (non-hydrogen) atoms. The van der Waals surface area contributed by atoms with Crippen LogP contribution in [0.5, 0.6) is 0 Å². The number of aliphatic hydroxyl groups excluding tert-OH is 1. The van der Waals surface area contributed by atoms with Gasteiger partial charge in [-0.25, -0.2) is 0 Å². The van der Waals surface area contributed by atoms with Gasteiger partial charge in [-0.2, -0.15) is 0 Å². The van der Waals surface area contributed by atoms with Crippen LogP contribution in [-0.4, -0.2) is 73.9 Å². The van der Waals surface area contributed by atoms with Crippen molar-refractivity contribution in [3.63, 3.8) is 0 Å². The molecule has 0 aromatic carbocycles. The van der Waals surface area contributed by atoms with Gasteiger partial charge in [0.15, 0.2) is 0 Å². The zero-order valence-electron chi connectivity index (χ0n) is 11.8. The number of nitrogens with zero attached hydrogens (tertiary/aromatic N) is 2. The first-order valence-electron chi connectivity index (χ1n) is 6.63. The second kappa shape index (κ2) is 7.07. The first kappa shape index (κ1) is 15.4. The maximum absolute atomic E-state index is 11.7. The number of esters is 1. The van der Waals surface area contributed by atoms with E-state index in [1.54, 1.807) is 0 Å². The smallest absolute Gasteiger partial charge is 0.312 e. The van der Waals surface area contributed by atoms with Crippen LogP contribution in [0.1, 0.15) is 20.3 Å². The monoisotopic (exact) mass is 258 g/mol. The first-order chi connectivity index (χ1) is 8.49. The van der Waals surface area contributed by atoms with E-state index in [-0.39, 0.29) is 12.6 Å².